The first-order valence-corrected chi connectivity index (χ1v) is 7.76. The van der Waals surface area contributed by atoms with Gasteiger partial charge in [0.2, 0.25) is 0 Å². The van der Waals surface area contributed by atoms with Gasteiger partial charge in [-0.2, -0.15) is 5.26 Å². The van der Waals surface area contributed by atoms with Gasteiger partial charge in [-0.05, 0) is 42.5 Å². The Bertz CT molecular complexity index is 796. The van der Waals surface area contributed by atoms with Crippen molar-refractivity contribution in [2.24, 2.45) is 0 Å². The smallest absolute Gasteiger partial charge is 0.344 e. The zero-order chi connectivity index (χ0) is 18.2. The number of anilines is 1. The summed E-state index contributed by atoms with van der Waals surface area (Å²) in [5.41, 5.74) is 0.875. The van der Waals surface area contributed by atoms with E-state index in [0.717, 1.165) is 0 Å². The van der Waals surface area contributed by atoms with Gasteiger partial charge in [-0.25, -0.2) is 4.79 Å². The molecular formula is C17H12Cl2N2O4. The van der Waals surface area contributed by atoms with Crippen molar-refractivity contribution in [1.82, 2.24) is 0 Å². The van der Waals surface area contributed by atoms with Crippen LogP contribution in [0.3, 0.4) is 0 Å². The Balaban J connectivity index is 1.75. The van der Waals surface area contributed by atoms with E-state index in [1.165, 1.54) is 18.2 Å². The Labute approximate surface area is 153 Å². The quantitative estimate of drug-likeness (QED) is 0.777. The van der Waals surface area contributed by atoms with Crippen LogP contribution in [0.1, 0.15) is 5.56 Å². The van der Waals surface area contributed by atoms with Crippen LogP contribution in [-0.4, -0.2) is 25.1 Å². The lowest BCUT2D eigenvalue weighted by molar-refractivity contribution is -0.149. The van der Waals surface area contributed by atoms with Crippen molar-refractivity contribution >= 4 is 40.8 Å². The number of halogens is 2. The molecule has 0 atom stereocenters. The number of nitrogens with one attached hydrogen (secondary N) is 1. The average Bonchev–Trinajstić information content (AvgIpc) is 2.57. The van der Waals surface area contributed by atoms with Gasteiger partial charge in [-0.3, -0.25) is 4.79 Å². The molecular weight excluding hydrogens is 367 g/mol. The summed E-state index contributed by atoms with van der Waals surface area (Å²) >= 11 is 11.6. The maximum Gasteiger partial charge on any atom is 0.344 e. The molecule has 1 N–H and O–H groups in total. The van der Waals surface area contributed by atoms with E-state index in [2.05, 4.69) is 5.32 Å². The van der Waals surface area contributed by atoms with Crippen LogP contribution in [0.25, 0.3) is 0 Å². The molecule has 0 aliphatic rings. The van der Waals surface area contributed by atoms with Crippen molar-refractivity contribution in [3.63, 3.8) is 0 Å². The third kappa shape index (κ3) is 6.34. The van der Waals surface area contributed by atoms with E-state index in [9.17, 15) is 9.59 Å². The molecule has 0 unspecified atom stereocenters. The lowest BCUT2D eigenvalue weighted by atomic mass is 10.2. The van der Waals surface area contributed by atoms with Crippen molar-refractivity contribution in [3.8, 4) is 11.8 Å². The molecule has 0 aromatic heterocycles. The number of hydrogen-bond acceptors (Lipinski definition) is 5. The highest BCUT2D eigenvalue weighted by atomic mass is 35.5. The summed E-state index contributed by atoms with van der Waals surface area (Å²) in [6.45, 7) is -0.831. The summed E-state index contributed by atoms with van der Waals surface area (Å²) in [6, 6.07) is 12.8. The van der Waals surface area contributed by atoms with E-state index in [4.69, 9.17) is 37.9 Å². The van der Waals surface area contributed by atoms with E-state index in [-0.39, 0.29) is 6.61 Å². The highest BCUT2D eigenvalue weighted by molar-refractivity contribution is 6.35. The maximum atomic E-state index is 11.7. The van der Waals surface area contributed by atoms with Crippen LogP contribution in [-0.2, 0) is 14.3 Å². The fraction of sp³-hybridized carbons (Fsp3) is 0.118. The van der Waals surface area contributed by atoms with Crippen molar-refractivity contribution in [2.45, 2.75) is 0 Å². The lowest BCUT2D eigenvalue weighted by Crippen LogP contribution is -2.23. The van der Waals surface area contributed by atoms with Crippen LogP contribution in [0.15, 0.2) is 42.5 Å². The number of benzene rings is 2. The Morgan fingerprint density at radius 3 is 2.28 bits per heavy atom. The molecule has 0 radical (unpaired) electrons. The van der Waals surface area contributed by atoms with E-state index >= 15 is 0 Å². The Kier molecular flexibility index (Phi) is 6.63. The zero-order valence-corrected chi connectivity index (χ0v) is 14.3. The monoisotopic (exact) mass is 378 g/mol. The number of nitrogens with zero attached hydrogens (tertiary/aromatic N) is 1. The third-order valence-corrected chi connectivity index (χ3v) is 3.29. The van der Waals surface area contributed by atoms with Gasteiger partial charge >= 0.3 is 5.97 Å². The third-order valence-electron chi connectivity index (χ3n) is 2.85. The molecule has 2 rings (SSSR count). The molecule has 6 nitrogen and oxygen atoms in total. The number of hydrogen-bond donors (Lipinski definition) is 1. The summed E-state index contributed by atoms with van der Waals surface area (Å²) in [5, 5.41) is 11.9. The van der Waals surface area contributed by atoms with Crippen molar-refractivity contribution in [1.29, 1.82) is 5.26 Å². The van der Waals surface area contributed by atoms with E-state index in [1.807, 2.05) is 6.07 Å². The van der Waals surface area contributed by atoms with Gasteiger partial charge in [-0.15, -0.1) is 0 Å². The summed E-state index contributed by atoms with van der Waals surface area (Å²) in [7, 11) is 0. The van der Waals surface area contributed by atoms with Gasteiger partial charge in [0.1, 0.15) is 5.75 Å². The number of amides is 1. The first kappa shape index (κ1) is 18.6. The number of carbonyl (C=O) groups excluding carboxylic acids is 2. The SMILES string of the molecule is N#Cc1ccc(OCC(=O)OCC(=O)Nc2cc(Cl)cc(Cl)c2)cc1. The minimum atomic E-state index is -0.705. The molecule has 128 valence electrons. The van der Waals surface area contributed by atoms with Crippen LogP contribution in [0, 0.1) is 11.3 Å². The maximum absolute atomic E-state index is 11.7. The first-order chi connectivity index (χ1) is 12.0. The van der Waals surface area contributed by atoms with Gasteiger partial charge < -0.3 is 14.8 Å². The normalized spacial score (nSPS) is 9.80. The van der Waals surface area contributed by atoms with Crippen LogP contribution >= 0.6 is 23.2 Å². The molecule has 2 aromatic carbocycles. The van der Waals surface area contributed by atoms with Crippen LogP contribution < -0.4 is 10.1 Å². The van der Waals surface area contributed by atoms with Gasteiger partial charge in [0.15, 0.2) is 13.2 Å². The minimum Gasteiger partial charge on any atom is -0.482 e. The predicted molar refractivity (Wildman–Crippen MR) is 92.7 cm³/mol. The van der Waals surface area contributed by atoms with E-state index in [0.29, 0.717) is 27.0 Å². The molecule has 0 spiro atoms. The van der Waals surface area contributed by atoms with Crippen LogP contribution in [0.4, 0.5) is 5.69 Å². The number of carbonyl (C=O) groups is 2. The Hall–Kier alpha value is -2.75. The first-order valence-electron chi connectivity index (χ1n) is 7.01. The molecule has 0 aliphatic heterocycles. The number of nitriles is 1. The van der Waals surface area contributed by atoms with Crippen LogP contribution in [0.5, 0.6) is 5.75 Å². The molecule has 25 heavy (non-hydrogen) atoms. The molecule has 8 heteroatoms. The van der Waals surface area contributed by atoms with E-state index < -0.39 is 18.5 Å². The van der Waals surface area contributed by atoms with Gasteiger partial charge in [0, 0.05) is 15.7 Å². The van der Waals surface area contributed by atoms with Crippen LogP contribution in [0.2, 0.25) is 10.0 Å². The zero-order valence-electron chi connectivity index (χ0n) is 12.8. The summed E-state index contributed by atoms with van der Waals surface area (Å²) in [4.78, 5) is 23.3. The largest absolute Gasteiger partial charge is 0.482 e. The number of esters is 1. The predicted octanol–water partition coefficient (Wildman–Crippen LogP) is 3.43. The number of ether oxygens (including phenoxy) is 2. The summed E-state index contributed by atoms with van der Waals surface area (Å²) in [5.74, 6) is -0.831. The second-order valence-electron chi connectivity index (χ2n) is 4.79. The summed E-state index contributed by atoms with van der Waals surface area (Å²) < 4.78 is 10.0. The number of rotatable bonds is 6. The topological polar surface area (TPSA) is 88.4 Å². The molecule has 0 saturated heterocycles. The fourth-order valence-electron chi connectivity index (χ4n) is 1.78. The highest BCUT2D eigenvalue weighted by Crippen LogP contribution is 2.22. The molecule has 0 saturated carbocycles. The van der Waals surface area contributed by atoms with Gasteiger partial charge in [0.25, 0.3) is 5.91 Å². The highest BCUT2D eigenvalue weighted by Gasteiger charge is 2.09. The lowest BCUT2D eigenvalue weighted by Gasteiger charge is -2.08. The summed E-state index contributed by atoms with van der Waals surface area (Å²) in [6.07, 6.45) is 0. The second kappa shape index (κ2) is 8.92. The van der Waals surface area contributed by atoms with Crippen molar-refractivity contribution in [3.05, 3.63) is 58.1 Å². The minimum absolute atomic E-state index is 0.359. The molecule has 0 fully saturated rings. The fourth-order valence-corrected chi connectivity index (χ4v) is 2.30. The van der Waals surface area contributed by atoms with Gasteiger partial charge in [0.05, 0.1) is 11.6 Å². The standard InChI is InChI=1S/C17H12Cl2N2O4/c18-12-5-13(19)7-14(6-12)21-16(22)9-25-17(23)10-24-15-3-1-11(8-20)2-4-15/h1-7H,9-10H2,(H,21,22). The van der Waals surface area contributed by atoms with E-state index in [1.54, 1.807) is 24.3 Å². The average molecular weight is 379 g/mol. The Morgan fingerprint density at radius 1 is 1.04 bits per heavy atom. The second-order valence-corrected chi connectivity index (χ2v) is 5.66. The van der Waals surface area contributed by atoms with Crippen molar-refractivity contribution in [2.75, 3.05) is 18.5 Å². The van der Waals surface area contributed by atoms with Gasteiger partial charge in [-0.1, -0.05) is 23.2 Å². The molecule has 2 aromatic rings. The molecule has 1 amide bonds. The Morgan fingerprint density at radius 2 is 1.68 bits per heavy atom. The molecule has 0 heterocycles. The molecule has 0 aliphatic carbocycles. The molecule has 0 bridgehead atoms. The van der Waals surface area contributed by atoms with Crippen molar-refractivity contribution < 1.29 is 19.1 Å².